The molecule has 0 aliphatic carbocycles. The van der Waals surface area contributed by atoms with Crippen LogP contribution in [-0.4, -0.2) is 34.5 Å². The number of ether oxygens (including phenoxy) is 1. The highest BCUT2D eigenvalue weighted by atomic mass is 16.5. The van der Waals surface area contributed by atoms with Gasteiger partial charge in [-0.3, -0.25) is 4.79 Å². The third kappa shape index (κ3) is 4.52. The van der Waals surface area contributed by atoms with Gasteiger partial charge in [0, 0.05) is 11.7 Å². The van der Waals surface area contributed by atoms with E-state index in [9.17, 15) is 9.59 Å². The Hall–Kier alpha value is -2.96. The van der Waals surface area contributed by atoms with E-state index in [1.807, 2.05) is 20.8 Å². The van der Waals surface area contributed by atoms with Crippen molar-refractivity contribution in [2.75, 3.05) is 17.7 Å². The molecular formula is C17H20N4O3. The lowest BCUT2D eigenvalue weighted by Crippen LogP contribution is -2.28. The van der Waals surface area contributed by atoms with Crippen LogP contribution in [0.5, 0.6) is 0 Å². The Morgan fingerprint density at radius 2 is 1.83 bits per heavy atom. The first kappa shape index (κ1) is 17.4. The number of para-hydroxylation sites is 1. The Morgan fingerprint density at radius 1 is 1.12 bits per heavy atom. The third-order valence-corrected chi connectivity index (χ3v) is 2.96. The zero-order valence-electron chi connectivity index (χ0n) is 14.1. The van der Waals surface area contributed by atoms with Crippen molar-refractivity contribution in [3.63, 3.8) is 0 Å². The molecule has 0 fully saturated rings. The number of rotatable bonds is 4. The molecule has 126 valence electrons. The molecule has 2 N–H and O–H groups in total. The fraction of sp³-hybridized carbons (Fsp3) is 0.294. The van der Waals surface area contributed by atoms with E-state index in [1.54, 1.807) is 24.3 Å². The maximum atomic E-state index is 12.4. The smallest absolute Gasteiger partial charge is 0.339 e. The molecule has 7 nitrogen and oxygen atoms in total. The van der Waals surface area contributed by atoms with Gasteiger partial charge in [-0.05, 0) is 39.0 Å². The summed E-state index contributed by atoms with van der Waals surface area (Å²) < 4.78 is 4.71. The Kier molecular flexibility index (Phi) is 5.13. The Balaban J connectivity index is 2.22. The number of carbonyl (C=O) groups excluding carboxylic acids is 2. The summed E-state index contributed by atoms with van der Waals surface area (Å²) in [5.41, 5.74) is 0.595. The van der Waals surface area contributed by atoms with Crippen LogP contribution in [0.4, 0.5) is 11.6 Å². The first-order valence-electron chi connectivity index (χ1n) is 7.40. The van der Waals surface area contributed by atoms with Gasteiger partial charge in [-0.1, -0.05) is 12.1 Å². The number of methoxy groups -OCH3 is 1. The van der Waals surface area contributed by atoms with Gasteiger partial charge in [0.05, 0.1) is 18.4 Å². The number of nitrogens with zero attached hydrogens (tertiary/aromatic N) is 2. The summed E-state index contributed by atoms with van der Waals surface area (Å²) in [5.74, 6) is -0.606. The summed E-state index contributed by atoms with van der Waals surface area (Å²) >= 11 is 0. The second kappa shape index (κ2) is 7.08. The highest BCUT2D eigenvalue weighted by Gasteiger charge is 2.17. The predicted molar refractivity (Wildman–Crippen MR) is 91.1 cm³/mol. The van der Waals surface area contributed by atoms with E-state index in [4.69, 9.17) is 4.74 Å². The van der Waals surface area contributed by atoms with Crippen molar-refractivity contribution in [1.29, 1.82) is 0 Å². The molecule has 1 amide bonds. The van der Waals surface area contributed by atoms with E-state index in [-0.39, 0.29) is 16.8 Å². The Bertz CT molecular complexity index is 753. The minimum atomic E-state index is -0.524. The standard InChI is InChI=1S/C17H20N4O3/c1-17(2,3)21-16-18-10-9-13(20-16)14(22)19-12-8-6-5-7-11(12)15(23)24-4/h5-10H,1-4H3,(H,19,22)(H,18,20,21). The van der Waals surface area contributed by atoms with Crippen molar-refractivity contribution in [3.8, 4) is 0 Å². The summed E-state index contributed by atoms with van der Waals surface area (Å²) in [6.07, 6.45) is 1.50. The van der Waals surface area contributed by atoms with E-state index in [0.717, 1.165) is 0 Å². The maximum absolute atomic E-state index is 12.4. The average molecular weight is 328 g/mol. The van der Waals surface area contributed by atoms with Crippen LogP contribution in [0.25, 0.3) is 0 Å². The zero-order valence-corrected chi connectivity index (χ0v) is 14.1. The van der Waals surface area contributed by atoms with Crippen LogP contribution in [-0.2, 0) is 4.74 Å². The summed E-state index contributed by atoms with van der Waals surface area (Å²) in [6.45, 7) is 5.90. The number of aromatic nitrogens is 2. The highest BCUT2D eigenvalue weighted by Crippen LogP contribution is 2.17. The van der Waals surface area contributed by atoms with Crippen LogP contribution in [0.2, 0.25) is 0 Å². The van der Waals surface area contributed by atoms with Gasteiger partial charge in [0.1, 0.15) is 5.69 Å². The molecule has 0 spiro atoms. The zero-order chi connectivity index (χ0) is 17.7. The monoisotopic (exact) mass is 328 g/mol. The molecule has 0 aliphatic rings. The lowest BCUT2D eigenvalue weighted by atomic mass is 10.1. The van der Waals surface area contributed by atoms with Crippen molar-refractivity contribution in [2.45, 2.75) is 26.3 Å². The van der Waals surface area contributed by atoms with Crippen LogP contribution >= 0.6 is 0 Å². The molecule has 24 heavy (non-hydrogen) atoms. The molecule has 0 unspecified atom stereocenters. The molecule has 1 heterocycles. The number of hydrogen-bond acceptors (Lipinski definition) is 6. The molecule has 2 aromatic rings. The van der Waals surface area contributed by atoms with Gasteiger partial charge >= 0.3 is 5.97 Å². The molecule has 0 saturated heterocycles. The molecule has 1 aromatic heterocycles. The lowest BCUT2D eigenvalue weighted by Gasteiger charge is -2.20. The lowest BCUT2D eigenvalue weighted by molar-refractivity contribution is 0.0602. The van der Waals surface area contributed by atoms with Crippen LogP contribution in [0.15, 0.2) is 36.5 Å². The maximum Gasteiger partial charge on any atom is 0.339 e. The number of amides is 1. The van der Waals surface area contributed by atoms with Crippen molar-refractivity contribution in [1.82, 2.24) is 9.97 Å². The fourth-order valence-corrected chi connectivity index (χ4v) is 1.95. The summed E-state index contributed by atoms with van der Waals surface area (Å²) in [4.78, 5) is 32.5. The van der Waals surface area contributed by atoms with Crippen LogP contribution in [0.3, 0.4) is 0 Å². The minimum Gasteiger partial charge on any atom is -0.465 e. The van der Waals surface area contributed by atoms with Gasteiger partial charge in [0.2, 0.25) is 5.95 Å². The van der Waals surface area contributed by atoms with Crippen LogP contribution in [0.1, 0.15) is 41.6 Å². The van der Waals surface area contributed by atoms with Gasteiger partial charge in [0.25, 0.3) is 5.91 Å². The Morgan fingerprint density at radius 3 is 2.50 bits per heavy atom. The highest BCUT2D eigenvalue weighted by molar-refractivity contribution is 6.07. The van der Waals surface area contributed by atoms with Gasteiger partial charge in [-0.2, -0.15) is 0 Å². The third-order valence-electron chi connectivity index (χ3n) is 2.96. The molecule has 0 bridgehead atoms. The van der Waals surface area contributed by atoms with Crippen LogP contribution in [0, 0.1) is 0 Å². The summed E-state index contributed by atoms with van der Waals surface area (Å²) in [7, 11) is 1.29. The van der Waals surface area contributed by atoms with Gasteiger partial charge < -0.3 is 15.4 Å². The van der Waals surface area contributed by atoms with E-state index in [0.29, 0.717) is 11.6 Å². The normalized spacial score (nSPS) is 10.8. The quantitative estimate of drug-likeness (QED) is 0.838. The summed E-state index contributed by atoms with van der Waals surface area (Å²) in [6, 6.07) is 8.12. The summed E-state index contributed by atoms with van der Waals surface area (Å²) in [5, 5.41) is 5.78. The fourth-order valence-electron chi connectivity index (χ4n) is 1.95. The molecule has 0 saturated carbocycles. The molecule has 0 radical (unpaired) electrons. The molecule has 7 heteroatoms. The van der Waals surface area contributed by atoms with Crippen molar-refractivity contribution < 1.29 is 14.3 Å². The molecule has 0 atom stereocenters. The van der Waals surface area contributed by atoms with Crippen LogP contribution < -0.4 is 10.6 Å². The first-order valence-corrected chi connectivity index (χ1v) is 7.40. The van der Waals surface area contributed by atoms with Crippen molar-refractivity contribution in [2.24, 2.45) is 0 Å². The van der Waals surface area contributed by atoms with Crippen molar-refractivity contribution in [3.05, 3.63) is 47.8 Å². The molecule has 0 aliphatic heterocycles. The van der Waals surface area contributed by atoms with E-state index < -0.39 is 11.9 Å². The second-order valence-electron chi connectivity index (χ2n) is 6.13. The number of benzene rings is 1. The van der Waals surface area contributed by atoms with E-state index >= 15 is 0 Å². The Labute approximate surface area is 140 Å². The van der Waals surface area contributed by atoms with Gasteiger partial charge in [-0.25, -0.2) is 14.8 Å². The number of carbonyl (C=O) groups is 2. The SMILES string of the molecule is COC(=O)c1ccccc1NC(=O)c1ccnc(NC(C)(C)C)n1. The van der Waals surface area contributed by atoms with Gasteiger partial charge in [0.15, 0.2) is 0 Å². The van der Waals surface area contributed by atoms with Crippen molar-refractivity contribution >= 4 is 23.5 Å². The second-order valence-corrected chi connectivity index (χ2v) is 6.13. The predicted octanol–water partition coefficient (Wildman–Crippen LogP) is 2.73. The number of nitrogens with one attached hydrogen (secondary N) is 2. The largest absolute Gasteiger partial charge is 0.465 e. The molecule has 1 aromatic carbocycles. The average Bonchev–Trinajstić information content (AvgIpc) is 2.53. The number of esters is 1. The van der Waals surface area contributed by atoms with E-state index in [2.05, 4.69) is 20.6 Å². The molecular weight excluding hydrogens is 308 g/mol. The molecule has 2 rings (SSSR count). The number of anilines is 2. The number of hydrogen-bond donors (Lipinski definition) is 2. The minimum absolute atomic E-state index is 0.191. The van der Waals surface area contributed by atoms with Gasteiger partial charge in [-0.15, -0.1) is 0 Å². The first-order chi connectivity index (χ1) is 11.3. The van der Waals surface area contributed by atoms with E-state index in [1.165, 1.54) is 19.4 Å². The topological polar surface area (TPSA) is 93.2 Å².